The topological polar surface area (TPSA) is 54.3 Å². The lowest BCUT2D eigenvalue weighted by molar-refractivity contribution is -0.133. The van der Waals surface area contributed by atoms with Gasteiger partial charge in [-0.1, -0.05) is 6.92 Å². The Labute approximate surface area is 114 Å². The van der Waals surface area contributed by atoms with Gasteiger partial charge in [-0.25, -0.2) is 0 Å². The highest BCUT2D eigenvalue weighted by Crippen LogP contribution is 2.32. The number of nitrogens with one attached hydrogen (secondary N) is 2. The Hall–Kier alpha value is -1.29. The molecule has 0 aromatic carbocycles. The van der Waals surface area contributed by atoms with Crippen LogP contribution in [-0.4, -0.2) is 25.0 Å². The van der Waals surface area contributed by atoms with E-state index in [0.29, 0.717) is 0 Å². The maximum Gasteiger partial charge on any atom is 0.226 e. The normalized spacial score (nSPS) is 19.9. The van der Waals surface area contributed by atoms with E-state index in [1.54, 1.807) is 6.26 Å². The van der Waals surface area contributed by atoms with Crippen molar-refractivity contribution in [3.63, 3.8) is 0 Å². The van der Waals surface area contributed by atoms with Crippen molar-refractivity contribution in [1.29, 1.82) is 0 Å². The van der Waals surface area contributed by atoms with Gasteiger partial charge in [-0.15, -0.1) is 0 Å². The van der Waals surface area contributed by atoms with E-state index < -0.39 is 0 Å². The largest absolute Gasteiger partial charge is 0.469 e. The first kappa shape index (κ1) is 14.1. The third-order valence-corrected chi connectivity index (χ3v) is 4.18. The van der Waals surface area contributed by atoms with Crippen LogP contribution in [0.25, 0.3) is 0 Å². The molecule has 1 amide bonds. The molecule has 2 N–H and O–H groups in total. The molecule has 0 aliphatic carbocycles. The van der Waals surface area contributed by atoms with Crippen molar-refractivity contribution in [2.24, 2.45) is 5.41 Å². The maximum absolute atomic E-state index is 12.5. The average molecular weight is 264 g/mol. The summed E-state index contributed by atoms with van der Waals surface area (Å²) >= 11 is 0. The quantitative estimate of drug-likeness (QED) is 0.856. The van der Waals surface area contributed by atoms with Crippen LogP contribution in [0.3, 0.4) is 0 Å². The molecule has 1 saturated heterocycles. The molecule has 2 heterocycles. The molecule has 1 atom stereocenters. The van der Waals surface area contributed by atoms with Gasteiger partial charge in [0.1, 0.15) is 5.76 Å². The second-order valence-electron chi connectivity index (χ2n) is 5.54. The molecule has 2 rings (SSSR count). The van der Waals surface area contributed by atoms with Crippen molar-refractivity contribution in [3.05, 3.63) is 24.2 Å². The Morgan fingerprint density at radius 3 is 2.84 bits per heavy atom. The van der Waals surface area contributed by atoms with Gasteiger partial charge in [0.2, 0.25) is 5.91 Å². The molecule has 4 nitrogen and oxygen atoms in total. The number of rotatable bonds is 5. The molecule has 0 spiro atoms. The fourth-order valence-electron chi connectivity index (χ4n) is 2.80. The van der Waals surface area contributed by atoms with Crippen LogP contribution in [0.4, 0.5) is 0 Å². The summed E-state index contributed by atoms with van der Waals surface area (Å²) in [5, 5.41) is 6.48. The number of piperidine rings is 1. The molecule has 0 saturated carbocycles. The molecular weight excluding hydrogens is 240 g/mol. The summed E-state index contributed by atoms with van der Waals surface area (Å²) in [6.45, 7) is 6.02. The van der Waals surface area contributed by atoms with Crippen LogP contribution in [0.15, 0.2) is 22.8 Å². The van der Waals surface area contributed by atoms with Crippen LogP contribution in [0.1, 0.15) is 38.9 Å². The lowest BCUT2D eigenvalue weighted by atomic mass is 9.75. The van der Waals surface area contributed by atoms with Crippen LogP contribution < -0.4 is 10.6 Å². The number of amides is 1. The van der Waals surface area contributed by atoms with Crippen molar-refractivity contribution >= 4 is 5.91 Å². The zero-order valence-electron chi connectivity index (χ0n) is 11.9. The second kappa shape index (κ2) is 6.24. The fraction of sp³-hybridized carbons (Fsp3) is 0.667. The third-order valence-electron chi connectivity index (χ3n) is 4.18. The molecule has 1 fully saturated rings. The highest BCUT2D eigenvalue weighted by atomic mass is 16.3. The second-order valence-corrected chi connectivity index (χ2v) is 5.54. The Morgan fingerprint density at radius 2 is 2.26 bits per heavy atom. The van der Waals surface area contributed by atoms with E-state index in [-0.39, 0.29) is 17.4 Å². The zero-order valence-corrected chi connectivity index (χ0v) is 11.9. The van der Waals surface area contributed by atoms with Crippen LogP contribution in [0.5, 0.6) is 0 Å². The highest BCUT2D eigenvalue weighted by Gasteiger charge is 2.38. The van der Waals surface area contributed by atoms with E-state index in [4.69, 9.17) is 4.42 Å². The maximum atomic E-state index is 12.5. The van der Waals surface area contributed by atoms with Gasteiger partial charge in [-0.3, -0.25) is 4.79 Å². The van der Waals surface area contributed by atoms with Crippen molar-refractivity contribution < 1.29 is 9.21 Å². The zero-order chi connectivity index (χ0) is 13.7. The lowest BCUT2D eigenvalue weighted by Crippen LogP contribution is -2.49. The summed E-state index contributed by atoms with van der Waals surface area (Å²) < 4.78 is 5.32. The van der Waals surface area contributed by atoms with Gasteiger partial charge in [-0.05, 0) is 51.4 Å². The van der Waals surface area contributed by atoms with Gasteiger partial charge in [0, 0.05) is 12.5 Å². The predicted octanol–water partition coefficient (Wildman–Crippen LogP) is 2.11. The summed E-state index contributed by atoms with van der Waals surface area (Å²) in [4.78, 5) is 12.5. The van der Waals surface area contributed by atoms with Crippen LogP contribution in [0, 0.1) is 5.41 Å². The number of carbonyl (C=O) groups excluding carboxylic acids is 1. The molecule has 4 heteroatoms. The first-order valence-corrected chi connectivity index (χ1v) is 7.20. The Kier molecular flexibility index (Phi) is 4.64. The van der Waals surface area contributed by atoms with Crippen molar-refractivity contribution in [2.45, 2.75) is 45.6 Å². The molecule has 1 aromatic heterocycles. The number of hydrogen-bond donors (Lipinski definition) is 2. The van der Waals surface area contributed by atoms with Crippen molar-refractivity contribution in [2.75, 3.05) is 13.1 Å². The monoisotopic (exact) mass is 264 g/mol. The smallest absolute Gasteiger partial charge is 0.226 e. The van der Waals surface area contributed by atoms with E-state index in [2.05, 4.69) is 17.6 Å². The average Bonchev–Trinajstić information content (AvgIpc) is 2.92. The Balaban J connectivity index is 1.91. The Morgan fingerprint density at radius 1 is 1.53 bits per heavy atom. The van der Waals surface area contributed by atoms with Crippen LogP contribution in [0.2, 0.25) is 0 Å². The third kappa shape index (κ3) is 3.38. The van der Waals surface area contributed by atoms with E-state index >= 15 is 0 Å². The van der Waals surface area contributed by atoms with Gasteiger partial charge in [-0.2, -0.15) is 0 Å². The summed E-state index contributed by atoms with van der Waals surface area (Å²) in [6.07, 6.45) is 5.20. The number of hydrogen-bond acceptors (Lipinski definition) is 3. The molecule has 106 valence electrons. The lowest BCUT2D eigenvalue weighted by Gasteiger charge is -2.36. The minimum absolute atomic E-state index is 0.108. The fourth-order valence-corrected chi connectivity index (χ4v) is 2.80. The highest BCUT2D eigenvalue weighted by molar-refractivity contribution is 5.83. The summed E-state index contributed by atoms with van der Waals surface area (Å²) in [7, 11) is 0. The number of furan rings is 1. The molecule has 1 aliphatic rings. The molecule has 1 unspecified atom stereocenters. The van der Waals surface area contributed by atoms with Gasteiger partial charge < -0.3 is 15.1 Å². The molecule has 1 aliphatic heterocycles. The van der Waals surface area contributed by atoms with E-state index in [0.717, 1.165) is 44.5 Å². The van der Waals surface area contributed by atoms with Gasteiger partial charge in [0.15, 0.2) is 0 Å². The SMILES string of the molecule is CCC1(C(=O)NC(C)Cc2ccco2)CCNCC1. The standard InChI is InChI=1S/C15H24N2O2/c1-3-15(6-8-16-9-7-15)14(18)17-12(2)11-13-5-4-10-19-13/h4-5,10,12,16H,3,6-9,11H2,1-2H3,(H,17,18). The minimum Gasteiger partial charge on any atom is -0.469 e. The van der Waals surface area contributed by atoms with Crippen LogP contribution in [-0.2, 0) is 11.2 Å². The molecular formula is C15H24N2O2. The first-order chi connectivity index (χ1) is 9.16. The number of carbonyl (C=O) groups is 1. The summed E-state index contributed by atoms with van der Waals surface area (Å²) in [5.41, 5.74) is -0.178. The minimum atomic E-state index is -0.178. The van der Waals surface area contributed by atoms with Gasteiger partial charge in [0.05, 0.1) is 11.7 Å². The van der Waals surface area contributed by atoms with E-state index in [1.165, 1.54) is 0 Å². The summed E-state index contributed by atoms with van der Waals surface area (Å²) in [6, 6.07) is 3.93. The predicted molar refractivity (Wildman–Crippen MR) is 74.8 cm³/mol. The van der Waals surface area contributed by atoms with Gasteiger partial charge >= 0.3 is 0 Å². The molecule has 0 bridgehead atoms. The van der Waals surface area contributed by atoms with Crippen molar-refractivity contribution in [1.82, 2.24) is 10.6 Å². The first-order valence-electron chi connectivity index (χ1n) is 7.20. The van der Waals surface area contributed by atoms with E-state index in [1.807, 2.05) is 19.1 Å². The molecule has 1 aromatic rings. The van der Waals surface area contributed by atoms with E-state index in [9.17, 15) is 4.79 Å². The molecule has 19 heavy (non-hydrogen) atoms. The van der Waals surface area contributed by atoms with Crippen LogP contribution >= 0.6 is 0 Å². The Bertz CT molecular complexity index is 394. The van der Waals surface area contributed by atoms with Crippen molar-refractivity contribution in [3.8, 4) is 0 Å². The molecule has 0 radical (unpaired) electrons. The summed E-state index contributed by atoms with van der Waals surface area (Å²) in [5.74, 6) is 1.12. The van der Waals surface area contributed by atoms with Gasteiger partial charge in [0.25, 0.3) is 0 Å².